The zero-order valence-corrected chi connectivity index (χ0v) is 47.0. The van der Waals surface area contributed by atoms with Gasteiger partial charge in [-0.1, -0.05) is 11.6 Å². The average Bonchev–Trinajstić information content (AvgIpc) is 3.46. The maximum absolute atomic E-state index is 12.8. The summed E-state index contributed by atoms with van der Waals surface area (Å²) in [5, 5.41) is 31.2. The molecule has 0 unspecified atom stereocenters. The zero-order valence-electron chi connectivity index (χ0n) is 43.8. The third-order valence-corrected chi connectivity index (χ3v) is 10.3. The third kappa shape index (κ3) is 23.1. The number of amides is 1. The van der Waals surface area contributed by atoms with Crippen molar-refractivity contribution in [3.63, 3.8) is 0 Å². The molecule has 9 aromatic rings. The van der Waals surface area contributed by atoms with Gasteiger partial charge in [-0.3, -0.25) is 9.78 Å². The lowest BCUT2D eigenvalue weighted by molar-refractivity contribution is 0.0686. The predicted molar refractivity (Wildman–Crippen MR) is 347 cm³/mol. The molecule has 0 aliphatic rings. The average molecular weight is 1190 g/mol. The number of nitrogen functional groups attached to an aromatic ring is 7. The molecule has 6 aromatic carbocycles. The maximum atomic E-state index is 12.8. The Hall–Kier alpha value is -9.48. The molecule has 0 bridgehead atoms. The highest BCUT2D eigenvalue weighted by atomic mass is 35.5. The highest BCUT2D eigenvalue weighted by molar-refractivity contribution is 7.49. The Kier molecular flexibility index (Phi) is 27.8. The number of hydrogen-bond donors (Lipinski definition) is 13. The van der Waals surface area contributed by atoms with Gasteiger partial charge in [0, 0.05) is 131 Å². The first-order chi connectivity index (χ1) is 37.5. The lowest BCUT2D eigenvalue weighted by Crippen LogP contribution is -2.11. The number of carboxylic acid groups (broad SMARTS) is 2. The molecule has 3 aromatic heterocycles. The molecule has 0 saturated carbocycles. The number of carbonyl (C=O) groups is 3. The van der Waals surface area contributed by atoms with Crippen LogP contribution >= 0.6 is 48.8 Å². The normalized spacial score (nSPS) is 9.60. The monoisotopic (exact) mass is 1180 g/mol. The van der Waals surface area contributed by atoms with Crippen molar-refractivity contribution >= 4 is 194 Å². The van der Waals surface area contributed by atoms with Crippen LogP contribution in [0, 0.1) is 0 Å². The molecule has 22 nitrogen and oxygen atoms in total. The second-order valence-corrected chi connectivity index (χ2v) is 17.2. The Labute approximate surface area is 501 Å². The summed E-state index contributed by atoms with van der Waals surface area (Å²) < 4.78 is 0. The van der Waals surface area contributed by atoms with Crippen molar-refractivity contribution in [2.24, 2.45) is 0 Å². The van der Waals surface area contributed by atoms with Crippen molar-refractivity contribution in [2.75, 3.05) is 80.4 Å². The number of nitrogens with one attached hydrogen (secondary N) is 4. The van der Waals surface area contributed by atoms with Crippen molar-refractivity contribution in [2.45, 2.75) is 0 Å². The SMILES string of the molecule is CN(C)c1ccc2nccc(Nc3ccc(NC(=O)c4ccc(Nc5cc(N)nc(N)n5)cc4)cc3)c2c1.Cl.Cl.Cl.Nc1cc(N)cc(Cl)c1.Nc1cc(Nc2ccc(C(=O)O)cc2)nc(N)n1.Nc1ccc(C(=O)O)cc1.[2HH].[B]B([B])[B]. The van der Waals surface area contributed by atoms with E-state index >= 15 is 0 Å². The van der Waals surface area contributed by atoms with Gasteiger partial charge >= 0.3 is 11.9 Å². The summed E-state index contributed by atoms with van der Waals surface area (Å²) in [7, 11) is 18.0. The molecule has 6 radical (unpaired) electrons. The van der Waals surface area contributed by atoms with Gasteiger partial charge in [-0.2, -0.15) is 19.9 Å². The fourth-order valence-corrected chi connectivity index (χ4v) is 6.83. The zero-order chi connectivity index (χ0) is 57.8. The molecular weight excluding hydrogens is 1130 g/mol. The van der Waals surface area contributed by atoms with Crippen LogP contribution in [0.3, 0.4) is 0 Å². The first-order valence-electron chi connectivity index (χ1n) is 23.2. The van der Waals surface area contributed by atoms with E-state index < -0.39 is 18.3 Å². The first kappa shape index (κ1) is 68.6. The second-order valence-electron chi connectivity index (χ2n) is 16.7. The number of nitrogens with zero attached hydrogens (tertiary/aromatic N) is 6. The lowest BCUT2D eigenvalue weighted by Gasteiger charge is -2.15. The van der Waals surface area contributed by atoms with Gasteiger partial charge in [0.05, 0.1) is 16.6 Å². The van der Waals surface area contributed by atoms with Gasteiger partial charge in [-0.15, -0.1) is 37.2 Å². The number of carboxylic acids is 2. The standard InChI is InChI=1S/C28H27N9O.C11H11N5O2.C7H7NO2.C6H7ClN2.B4.3ClH.H2/c1-37(2)21-11-12-23-22(15-21)24(13-14-31-23)32-18-7-9-20(10-8-18)34-27(38)17-3-5-19(6-4-17)33-26-16-25(29)35-28(30)36-26;12-8-5-9(16-11(13)15-8)14-7-3-1-6(2-4-7)10(17)18;8-6-3-1-5(2-4-6)7(9)10;7-4-1-5(8)3-6(9)2-4;1-4(2)3;;;;/h3-16H,1-2H3,(H,31,32)(H,34,38)(H5,29,30,33,35,36);1-5H,(H,17,18)(H5,12,13,14,15,16);1-4H,8H2,(H,9,10);1-3H,8-9H2;;4*1H/i;;;;;;;;1+1. The Bertz CT molecular complexity index is 3430. The van der Waals surface area contributed by atoms with Gasteiger partial charge in [-0.05, 0) is 140 Å². The van der Waals surface area contributed by atoms with Crippen LogP contribution in [-0.2, 0) is 0 Å². The van der Waals surface area contributed by atoms with Crippen LogP contribution in [-0.4, -0.2) is 96.7 Å². The van der Waals surface area contributed by atoms with Crippen molar-refractivity contribution in [3.8, 4) is 0 Å². The number of aromatic nitrogens is 5. The first-order valence-corrected chi connectivity index (χ1v) is 23.6. The van der Waals surface area contributed by atoms with E-state index in [0.717, 1.165) is 33.7 Å². The van der Waals surface area contributed by atoms with Gasteiger partial charge in [0.25, 0.3) is 5.91 Å². The van der Waals surface area contributed by atoms with E-state index in [4.69, 9.17) is 61.9 Å². The molecule has 82 heavy (non-hydrogen) atoms. The Morgan fingerprint density at radius 1 is 0.524 bits per heavy atom. The highest BCUT2D eigenvalue weighted by Crippen LogP contribution is 2.29. The van der Waals surface area contributed by atoms with Crippen LogP contribution in [0.25, 0.3) is 10.9 Å². The number of benzene rings is 6. The number of hydrogen-bond acceptors (Lipinski definition) is 19. The van der Waals surface area contributed by atoms with E-state index in [2.05, 4.69) is 80.4 Å². The quantitative estimate of drug-likeness (QED) is 0.0426. The van der Waals surface area contributed by atoms with Crippen LogP contribution in [0.2, 0.25) is 5.02 Å². The van der Waals surface area contributed by atoms with Crippen molar-refractivity contribution in [1.29, 1.82) is 0 Å². The molecule has 0 aliphatic heterocycles. The van der Waals surface area contributed by atoms with Crippen molar-refractivity contribution in [1.82, 2.24) is 24.9 Å². The van der Waals surface area contributed by atoms with Crippen LogP contribution < -0.4 is 66.3 Å². The fourth-order valence-electron chi connectivity index (χ4n) is 6.57. The molecule has 3 heterocycles. The van der Waals surface area contributed by atoms with E-state index in [-0.39, 0.29) is 79.2 Å². The molecular formula is C52H57B4Cl4N17O5. The van der Waals surface area contributed by atoms with Gasteiger partial charge < -0.3 is 76.5 Å². The topological polar surface area (TPSA) is 390 Å². The summed E-state index contributed by atoms with van der Waals surface area (Å²) in [6.07, 6.45) is 1.12. The van der Waals surface area contributed by atoms with E-state index in [0.29, 0.717) is 50.7 Å². The van der Waals surface area contributed by atoms with Gasteiger partial charge in [0.15, 0.2) is 0 Å². The Morgan fingerprint density at radius 2 is 0.939 bits per heavy atom. The largest absolute Gasteiger partial charge is 0.478 e. The minimum Gasteiger partial charge on any atom is -0.478 e. The number of nitrogens with two attached hydrogens (primary N) is 7. The van der Waals surface area contributed by atoms with Crippen LogP contribution in [0.15, 0.2) is 158 Å². The van der Waals surface area contributed by atoms with Gasteiger partial charge in [-0.25, -0.2) is 9.59 Å². The molecule has 0 fully saturated rings. The summed E-state index contributed by atoms with van der Waals surface area (Å²) >= 11 is 5.59. The summed E-state index contributed by atoms with van der Waals surface area (Å²) in [5.74, 6) is -0.531. The number of rotatable bonds is 11. The van der Waals surface area contributed by atoms with E-state index in [1.54, 1.807) is 79.0 Å². The second kappa shape index (κ2) is 33.2. The predicted octanol–water partition coefficient (Wildman–Crippen LogP) is 8.54. The molecule has 1 amide bonds. The van der Waals surface area contributed by atoms with E-state index in [9.17, 15) is 14.4 Å². The number of carbonyl (C=O) groups excluding carboxylic acids is 1. The summed E-state index contributed by atoms with van der Waals surface area (Å²) in [4.78, 5) is 55.9. The molecule has 0 spiro atoms. The molecule has 30 heteroatoms. The number of aromatic carboxylic acids is 2. The fraction of sp³-hybridized carbons (Fsp3) is 0.0385. The number of pyridine rings is 1. The molecule has 0 atom stereocenters. The van der Waals surface area contributed by atoms with Crippen molar-refractivity contribution in [3.05, 3.63) is 180 Å². The van der Waals surface area contributed by atoms with Gasteiger partial charge in [0.2, 0.25) is 11.9 Å². The van der Waals surface area contributed by atoms with Gasteiger partial charge in [0.1, 0.15) is 23.3 Å². The number of anilines is 15. The lowest BCUT2D eigenvalue weighted by atomic mass is 9.08. The Morgan fingerprint density at radius 3 is 1.37 bits per heavy atom. The van der Waals surface area contributed by atoms with E-state index in [1.165, 1.54) is 30.3 Å². The molecule has 420 valence electrons. The molecule has 0 aliphatic carbocycles. The van der Waals surface area contributed by atoms with Crippen LogP contribution in [0.1, 0.15) is 32.5 Å². The minimum atomic E-state index is -0.975. The smallest absolute Gasteiger partial charge is 0.335 e. The summed E-state index contributed by atoms with van der Waals surface area (Å²) in [5.41, 5.74) is 47.1. The molecule has 9 rings (SSSR count). The van der Waals surface area contributed by atoms with E-state index in [1.807, 2.05) is 56.6 Å². The number of halogens is 4. The third-order valence-electron chi connectivity index (χ3n) is 10.1. The summed E-state index contributed by atoms with van der Waals surface area (Å²) in [6.45, 7) is 0. The van der Waals surface area contributed by atoms with Crippen LogP contribution in [0.4, 0.5) is 86.4 Å². The highest BCUT2D eigenvalue weighted by Gasteiger charge is 2.10. The molecule has 0 saturated heterocycles. The minimum absolute atomic E-state index is 0. The molecule has 20 N–H and O–H groups in total. The Balaban J connectivity index is 0.000000632. The number of fused-ring (bicyclic) bond motifs is 1. The van der Waals surface area contributed by atoms with Crippen molar-refractivity contribution < 1.29 is 26.0 Å². The summed E-state index contributed by atoms with van der Waals surface area (Å²) in [6, 6.07) is 43.0. The van der Waals surface area contributed by atoms with Crippen LogP contribution in [0.5, 0.6) is 0 Å². The maximum Gasteiger partial charge on any atom is 0.335 e.